The molecule has 3 atom stereocenters. The van der Waals surface area contributed by atoms with Gasteiger partial charge in [0.1, 0.15) is 0 Å². The van der Waals surface area contributed by atoms with E-state index < -0.39 is 5.60 Å². The highest BCUT2D eigenvalue weighted by atomic mass is 16.5. The molecule has 0 aromatic rings. The topological polar surface area (TPSA) is 41.5 Å². The maximum absolute atomic E-state index is 11.0. The van der Waals surface area contributed by atoms with Crippen molar-refractivity contribution in [2.75, 3.05) is 13.2 Å². The number of ether oxygens (including phenoxy) is 1. The summed E-state index contributed by atoms with van der Waals surface area (Å²) in [6, 6.07) is 0.515. The highest BCUT2D eigenvalue weighted by Gasteiger charge is 2.45. The van der Waals surface area contributed by atoms with E-state index in [1.54, 1.807) is 0 Å². The van der Waals surface area contributed by atoms with Crippen LogP contribution in [0.15, 0.2) is 0 Å². The molecule has 1 aliphatic carbocycles. The van der Waals surface area contributed by atoms with Gasteiger partial charge in [0.2, 0.25) is 0 Å². The van der Waals surface area contributed by atoms with E-state index in [0.717, 1.165) is 32.4 Å². The van der Waals surface area contributed by atoms with Crippen molar-refractivity contribution < 1.29 is 9.84 Å². The zero-order chi connectivity index (χ0) is 14.1. The van der Waals surface area contributed by atoms with Crippen LogP contribution in [0, 0.1) is 5.92 Å². The van der Waals surface area contributed by atoms with Gasteiger partial charge in [0.25, 0.3) is 0 Å². The molecule has 0 radical (unpaired) electrons. The molecule has 1 saturated carbocycles. The Morgan fingerprint density at radius 2 is 2.00 bits per heavy atom. The van der Waals surface area contributed by atoms with Crippen LogP contribution in [0.2, 0.25) is 0 Å². The summed E-state index contributed by atoms with van der Waals surface area (Å²) in [5, 5.41) is 14.6. The monoisotopic (exact) mass is 281 g/mol. The van der Waals surface area contributed by atoms with Gasteiger partial charge in [-0.3, -0.25) is 0 Å². The quantitative estimate of drug-likeness (QED) is 0.835. The van der Waals surface area contributed by atoms with E-state index >= 15 is 0 Å². The minimum Gasteiger partial charge on any atom is -0.390 e. The number of hydrogen-bond donors (Lipinski definition) is 2. The number of aliphatic hydroxyl groups is 1. The minimum atomic E-state index is -0.533. The maximum Gasteiger partial charge on any atom is 0.0686 e. The summed E-state index contributed by atoms with van der Waals surface area (Å²) in [6.45, 7) is 4.04. The van der Waals surface area contributed by atoms with Crippen molar-refractivity contribution in [1.82, 2.24) is 5.32 Å². The van der Waals surface area contributed by atoms with E-state index in [1.165, 1.54) is 44.9 Å². The average molecular weight is 281 g/mol. The Bertz CT molecular complexity index is 317. The van der Waals surface area contributed by atoms with Gasteiger partial charge in [-0.25, -0.2) is 0 Å². The first-order valence-corrected chi connectivity index (χ1v) is 8.69. The summed E-state index contributed by atoms with van der Waals surface area (Å²) in [5.41, 5.74) is -0.415. The molecule has 2 saturated heterocycles. The lowest BCUT2D eigenvalue weighted by Crippen LogP contribution is -2.49. The molecule has 3 fully saturated rings. The molecule has 1 spiro atoms. The molecule has 3 unspecified atom stereocenters. The minimum absolute atomic E-state index is 0.118. The van der Waals surface area contributed by atoms with Crippen LogP contribution in [-0.4, -0.2) is 35.5 Å². The fraction of sp³-hybridized carbons (Fsp3) is 1.00. The molecule has 0 bridgehead atoms. The van der Waals surface area contributed by atoms with E-state index in [4.69, 9.17) is 4.74 Å². The molecule has 2 N–H and O–H groups in total. The van der Waals surface area contributed by atoms with Crippen LogP contribution in [0.3, 0.4) is 0 Å². The summed E-state index contributed by atoms with van der Waals surface area (Å²) in [7, 11) is 0. The standard InChI is InChI=1S/C17H31NO2/c1-16(19,13-15-6-2-5-10-18-15)14-7-11-20-17(12-14)8-3-4-9-17/h14-15,18-19H,2-13H2,1H3. The van der Waals surface area contributed by atoms with E-state index in [-0.39, 0.29) is 5.60 Å². The van der Waals surface area contributed by atoms with Gasteiger partial charge >= 0.3 is 0 Å². The molecular formula is C17H31NO2. The van der Waals surface area contributed by atoms with Gasteiger partial charge < -0.3 is 15.2 Å². The van der Waals surface area contributed by atoms with Crippen molar-refractivity contribution in [3.8, 4) is 0 Å². The van der Waals surface area contributed by atoms with Crippen LogP contribution in [0.25, 0.3) is 0 Å². The van der Waals surface area contributed by atoms with E-state index in [0.29, 0.717) is 12.0 Å². The Hall–Kier alpha value is -0.120. The van der Waals surface area contributed by atoms with Gasteiger partial charge in [-0.15, -0.1) is 0 Å². The summed E-state index contributed by atoms with van der Waals surface area (Å²) in [4.78, 5) is 0. The molecule has 3 aliphatic rings. The molecule has 0 amide bonds. The number of piperidine rings is 1. The van der Waals surface area contributed by atoms with Gasteiger partial charge in [-0.05, 0) is 64.3 Å². The Labute approximate surface area is 123 Å². The largest absolute Gasteiger partial charge is 0.390 e. The molecule has 116 valence electrons. The third kappa shape index (κ3) is 3.20. The van der Waals surface area contributed by atoms with Crippen LogP contribution in [-0.2, 0) is 4.74 Å². The predicted octanol–water partition coefficient (Wildman–Crippen LogP) is 3.01. The molecule has 0 aromatic carbocycles. The predicted molar refractivity (Wildman–Crippen MR) is 80.8 cm³/mol. The molecular weight excluding hydrogens is 250 g/mol. The first-order chi connectivity index (χ1) is 9.60. The SMILES string of the molecule is CC(O)(CC1CCCCN1)C1CCOC2(CCCC2)C1. The van der Waals surface area contributed by atoms with Gasteiger partial charge in [0.15, 0.2) is 0 Å². The Balaban J connectivity index is 1.60. The van der Waals surface area contributed by atoms with Crippen molar-refractivity contribution in [2.24, 2.45) is 5.92 Å². The molecule has 2 heterocycles. The summed E-state index contributed by atoms with van der Waals surface area (Å²) >= 11 is 0. The third-order valence-electron chi connectivity index (χ3n) is 5.96. The molecule has 20 heavy (non-hydrogen) atoms. The van der Waals surface area contributed by atoms with Crippen LogP contribution in [0.5, 0.6) is 0 Å². The van der Waals surface area contributed by atoms with Gasteiger partial charge in [0, 0.05) is 12.6 Å². The van der Waals surface area contributed by atoms with Crippen LogP contribution < -0.4 is 5.32 Å². The second kappa shape index (κ2) is 5.94. The van der Waals surface area contributed by atoms with E-state index in [9.17, 15) is 5.11 Å². The zero-order valence-electron chi connectivity index (χ0n) is 13.0. The van der Waals surface area contributed by atoms with Crippen molar-refractivity contribution >= 4 is 0 Å². The third-order valence-corrected chi connectivity index (χ3v) is 5.96. The summed E-state index contributed by atoms with van der Waals surface area (Å²) < 4.78 is 6.12. The fourth-order valence-electron chi connectivity index (χ4n) is 4.69. The van der Waals surface area contributed by atoms with E-state index in [2.05, 4.69) is 12.2 Å². The lowest BCUT2D eigenvalue weighted by Gasteiger charge is -2.45. The Morgan fingerprint density at radius 3 is 2.70 bits per heavy atom. The molecule has 0 aromatic heterocycles. The molecule has 2 aliphatic heterocycles. The lowest BCUT2D eigenvalue weighted by atomic mass is 9.73. The number of rotatable bonds is 3. The van der Waals surface area contributed by atoms with Gasteiger partial charge in [0.05, 0.1) is 11.2 Å². The maximum atomic E-state index is 11.0. The van der Waals surface area contributed by atoms with Crippen molar-refractivity contribution in [3.63, 3.8) is 0 Å². The van der Waals surface area contributed by atoms with Gasteiger partial charge in [-0.2, -0.15) is 0 Å². The first-order valence-electron chi connectivity index (χ1n) is 8.69. The Kier molecular flexibility index (Phi) is 4.40. The van der Waals surface area contributed by atoms with Crippen molar-refractivity contribution in [3.05, 3.63) is 0 Å². The van der Waals surface area contributed by atoms with Crippen LogP contribution >= 0.6 is 0 Å². The van der Waals surface area contributed by atoms with Crippen molar-refractivity contribution in [1.29, 1.82) is 0 Å². The highest BCUT2D eigenvalue weighted by Crippen LogP contribution is 2.45. The average Bonchev–Trinajstić information content (AvgIpc) is 2.87. The second-order valence-electron chi connectivity index (χ2n) is 7.64. The smallest absolute Gasteiger partial charge is 0.0686 e. The zero-order valence-corrected chi connectivity index (χ0v) is 13.0. The normalized spacial score (nSPS) is 36.9. The van der Waals surface area contributed by atoms with E-state index in [1.807, 2.05) is 0 Å². The second-order valence-corrected chi connectivity index (χ2v) is 7.64. The highest BCUT2D eigenvalue weighted by molar-refractivity contribution is 4.97. The summed E-state index contributed by atoms with van der Waals surface area (Å²) in [6.07, 6.45) is 11.9. The van der Waals surface area contributed by atoms with Crippen molar-refractivity contribution in [2.45, 2.75) is 88.4 Å². The molecule has 3 nitrogen and oxygen atoms in total. The first kappa shape index (κ1) is 14.8. The number of hydrogen-bond acceptors (Lipinski definition) is 3. The van der Waals surface area contributed by atoms with Crippen LogP contribution in [0.1, 0.15) is 71.1 Å². The molecule has 3 heteroatoms. The Morgan fingerprint density at radius 1 is 1.20 bits per heavy atom. The lowest BCUT2D eigenvalue weighted by molar-refractivity contribution is -0.139. The number of nitrogens with one attached hydrogen (secondary N) is 1. The summed E-state index contributed by atoms with van der Waals surface area (Å²) in [5.74, 6) is 0.415. The fourth-order valence-corrected chi connectivity index (χ4v) is 4.69. The van der Waals surface area contributed by atoms with Crippen LogP contribution in [0.4, 0.5) is 0 Å². The molecule has 3 rings (SSSR count). The van der Waals surface area contributed by atoms with Gasteiger partial charge in [-0.1, -0.05) is 19.3 Å².